The van der Waals surface area contributed by atoms with E-state index in [1.807, 2.05) is 24.3 Å². The maximum absolute atomic E-state index is 6.27. The molecule has 1 unspecified atom stereocenters. The fourth-order valence-corrected chi connectivity index (χ4v) is 2.28. The number of furan rings is 1. The van der Waals surface area contributed by atoms with Crippen molar-refractivity contribution in [1.82, 2.24) is 5.32 Å². The lowest BCUT2D eigenvalue weighted by atomic mass is 10.0. The number of rotatable bonds is 6. The number of nitrogens with one attached hydrogen (secondary N) is 1. The Morgan fingerprint density at radius 1 is 1.28 bits per heavy atom. The summed E-state index contributed by atoms with van der Waals surface area (Å²) in [5.74, 6) is 0. The van der Waals surface area contributed by atoms with Gasteiger partial charge in [-0.3, -0.25) is 0 Å². The molecule has 0 fully saturated rings. The van der Waals surface area contributed by atoms with E-state index in [0.29, 0.717) is 0 Å². The van der Waals surface area contributed by atoms with Gasteiger partial charge in [0.25, 0.3) is 0 Å². The van der Waals surface area contributed by atoms with E-state index in [2.05, 4.69) is 18.3 Å². The Morgan fingerprint density at radius 2 is 2.11 bits per heavy atom. The van der Waals surface area contributed by atoms with E-state index >= 15 is 0 Å². The number of hydrogen-bond donors (Lipinski definition) is 1. The normalized spacial score (nSPS) is 12.6. The minimum absolute atomic E-state index is 0.233. The SMILES string of the molecule is CCCNC(Cc1ccoc1)c1ccccc1Cl. The van der Waals surface area contributed by atoms with Crippen LogP contribution in [0.5, 0.6) is 0 Å². The van der Waals surface area contributed by atoms with Gasteiger partial charge in [-0.25, -0.2) is 0 Å². The van der Waals surface area contributed by atoms with Gasteiger partial charge in [0.15, 0.2) is 0 Å². The molecular formula is C15H18ClNO. The minimum Gasteiger partial charge on any atom is -0.472 e. The summed E-state index contributed by atoms with van der Waals surface area (Å²) < 4.78 is 5.13. The van der Waals surface area contributed by atoms with Gasteiger partial charge in [0.1, 0.15) is 0 Å². The van der Waals surface area contributed by atoms with Crippen molar-refractivity contribution in [3.63, 3.8) is 0 Å². The minimum atomic E-state index is 0.233. The summed E-state index contributed by atoms with van der Waals surface area (Å²) in [7, 11) is 0. The van der Waals surface area contributed by atoms with Crippen LogP contribution < -0.4 is 5.32 Å². The maximum atomic E-state index is 6.27. The molecule has 1 aromatic heterocycles. The third kappa shape index (κ3) is 3.37. The van der Waals surface area contributed by atoms with Crippen LogP contribution in [0.25, 0.3) is 0 Å². The highest BCUT2D eigenvalue weighted by Crippen LogP contribution is 2.25. The first-order chi connectivity index (χ1) is 8.81. The first kappa shape index (κ1) is 13.2. The zero-order valence-corrected chi connectivity index (χ0v) is 11.3. The van der Waals surface area contributed by atoms with Crippen molar-refractivity contribution < 1.29 is 4.42 Å². The van der Waals surface area contributed by atoms with Crippen molar-refractivity contribution in [2.75, 3.05) is 6.54 Å². The topological polar surface area (TPSA) is 25.2 Å². The van der Waals surface area contributed by atoms with E-state index in [1.54, 1.807) is 12.5 Å². The monoisotopic (exact) mass is 263 g/mol. The molecule has 0 spiro atoms. The van der Waals surface area contributed by atoms with Crippen molar-refractivity contribution in [3.05, 3.63) is 59.0 Å². The van der Waals surface area contributed by atoms with Crippen LogP contribution in [0.4, 0.5) is 0 Å². The van der Waals surface area contributed by atoms with Crippen LogP contribution in [0.1, 0.15) is 30.5 Å². The van der Waals surface area contributed by atoms with Crippen molar-refractivity contribution in [2.45, 2.75) is 25.8 Å². The van der Waals surface area contributed by atoms with E-state index in [0.717, 1.165) is 30.0 Å². The fourth-order valence-electron chi connectivity index (χ4n) is 2.01. The molecule has 1 atom stereocenters. The highest BCUT2D eigenvalue weighted by Gasteiger charge is 2.14. The largest absolute Gasteiger partial charge is 0.472 e. The molecule has 0 saturated heterocycles. The molecule has 0 aliphatic heterocycles. The van der Waals surface area contributed by atoms with E-state index in [9.17, 15) is 0 Å². The van der Waals surface area contributed by atoms with Gasteiger partial charge in [-0.05, 0) is 42.6 Å². The molecule has 2 rings (SSSR count). The molecule has 96 valence electrons. The molecule has 0 aliphatic rings. The first-order valence-electron chi connectivity index (χ1n) is 6.30. The highest BCUT2D eigenvalue weighted by molar-refractivity contribution is 6.31. The smallest absolute Gasteiger partial charge is 0.0935 e. The van der Waals surface area contributed by atoms with Crippen LogP contribution in [0.2, 0.25) is 5.02 Å². The number of benzene rings is 1. The Bertz CT molecular complexity index is 467. The van der Waals surface area contributed by atoms with Crippen LogP contribution in [0.15, 0.2) is 47.3 Å². The van der Waals surface area contributed by atoms with Crippen molar-refractivity contribution in [1.29, 1.82) is 0 Å². The first-order valence-corrected chi connectivity index (χ1v) is 6.68. The number of halogens is 1. The predicted molar refractivity (Wildman–Crippen MR) is 74.9 cm³/mol. The Hall–Kier alpha value is -1.25. The summed E-state index contributed by atoms with van der Waals surface area (Å²) in [6.07, 6.45) is 5.49. The third-order valence-corrected chi connectivity index (χ3v) is 3.29. The van der Waals surface area contributed by atoms with E-state index in [4.69, 9.17) is 16.0 Å². The Labute approximate surface area is 113 Å². The lowest BCUT2D eigenvalue weighted by molar-refractivity contribution is 0.520. The third-order valence-electron chi connectivity index (χ3n) is 2.94. The Balaban J connectivity index is 2.16. The second-order valence-electron chi connectivity index (χ2n) is 4.36. The Morgan fingerprint density at radius 3 is 2.78 bits per heavy atom. The van der Waals surface area contributed by atoms with Crippen molar-refractivity contribution in [2.24, 2.45) is 0 Å². The van der Waals surface area contributed by atoms with E-state index in [-0.39, 0.29) is 6.04 Å². The molecule has 1 N–H and O–H groups in total. The van der Waals surface area contributed by atoms with Gasteiger partial charge in [0, 0.05) is 11.1 Å². The molecule has 1 aromatic carbocycles. The summed E-state index contributed by atoms with van der Waals surface area (Å²) in [6.45, 7) is 3.14. The molecule has 2 aromatic rings. The maximum Gasteiger partial charge on any atom is 0.0935 e. The second-order valence-corrected chi connectivity index (χ2v) is 4.77. The van der Waals surface area contributed by atoms with Gasteiger partial charge in [-0.1, -0.05) is 36.7 Å². The molecule has 18 heavy (non-hydrogen) atoms. The van der Waals surface area contributed by atoms with Gasteiger partial charge in [-0.15, -0.1) is 0 Å². The fraction of sp³-hybridized carbons (Fsp3) is 0.333. The highest BCUT2D eigenvalue weighted by atomic mass is 35.5. The molecule has 0 amide bonds. The van der Waals surface area contributed by atoms with Crippen LogP contribution in [0.3, 0.4) is 0 Å². The van der Waals surface area contributed by atoms with Gasteiger partial charge in [0.05, 0.1) is 12.5 Å². The zero-order valence-electron chi connectivity index (χ0n) is 10.5. The summed E-state index contributed by atoms with van der Waals surface area (Å²) >= 11 is 6.27. The summed E-state index contributed by atoms with van der Waals surface area (Å²) in [4.78, 5) is 0. The lowest BCUT2D eigenvalue weighted by Crippen LogP contribution is -2.24. The van der Waals surface area contributed by atoms with Crippen molar-refractivity contribution in [3.8, 4) is 0 Å². The van der Waals surface area contributed by atoms with E-state index in [1.165, 1.54) is 5.56 Å². The molecule has 3 heteroatoms. The molecule has 0 radical (unpaired) electrons. The average molecular weight is 264 g/mol. The molecular weight excluding hydrogens is 246 g/mol. The summed E-state index contributed by atoms with van der Waals surface area (Å²) in [5, 5.41) is 4.35. The van der Waals surface area contributed by atoms with Gasteiger partial charge >= 0.3 is 0 Å². The van der Waals surface area contributed by atoms with Crippen LogP contribution >= 0.6 is 11.6 Å². The van der Waals surface area contributed by atoms with Crippen LogP contribution in [-0.4, -0.2) is 6.54 Å². The number of hydrogen-bond acceptors (Lipinski definition) is 2. The molecule has 1 heterocycles. The molecule has 0 bridgehead atoms. The van der Waals surface area contributed by atoms with E-state index < -0.39 is 0 Å². The summed E-state index contributed by atoms with van der Waals surface area (Å²) in [5.41, 5.74) is 2.33. The lowest BCUT2D eigenvalue weighted by Gasteiger charge is -2.19. The van der Waals surface area contributed by atoms with Crippen LogP contribution in [-0.2, 0) is 6.42 Å². The molecule has 0 saturated carbocycles. The van der Waals surface area contributed by atoms with Gasteiger partial charge in [0.2, 0.25) is 0 Å². The quantitative estimate of drug-likeness (QED) is 0.844. The van der Waals surface area contributed by atoms with Crippen LogP contribution in [0, 0.1) is 0 Å². The van der Waals surface area contributed by atoms with Gasteiger partial charge < -0.3 is 9.73 Å². The second kappa shape index (κ2) is 6.62. The molecule has 0 aliphatic carbocycles. The summed E-state index contributed by atoms with van der Waals surface area (Å²) in [6, 6.07) is 10.2. The van der Waals surface area contributed by atoms with Gasteiger partial charge in [-0.2, -0.15) is 0 Å². The zero-order chi connectivity index (χ0) is 12.8. The van der Waals surface area contributed by atoms with Crippen molar-refractivity contribution >= 4 is 11.6 Å². The average Bonchev–Trinajstić information content (AvgIpc) is 2.88. The Kier molecular flexibility index (Phi) is 4.85. The standard InChI is InChI=1S/C15H18ClNO/c1-2-8-17-15(10-12-7-9-18-11-12)13-5-3-4-6-14(13)16/h3-7,9,11,15,17H,2,8,10H2,1H3. The predicted octanol–water partition coefficient (Wildman–Crippen LogP) is 4.22. The molecule has 2 nitrogen and oxygen atoms in total.